The smallest absolute Gasteiger partial charge is 0.0708 e. The second-order valence-electron chi connectivity index (χ2n) is 8.32. The van der Waals surface area contributed by atoms with E-state index in [4.69, 9.17) is 4.74 Å². The molecule has 0 radical (unpaired) electrons. The summed E-state index contributed by atoms with van der Waals surface area (Å²) >= 11 is 0. The molecule has 0 bridgehead atoms. The number of ether oxygens (including phenoxy) is 1. The normalized spacial score (nSPS) is 35.1. The summed E-state index contributed by atoms with van der Waals surface area (Å²) in [4.78, 5) is 0. The standard InChI is InChI=1S/C17H31NO/c1-15(2)14(16(15,3)4)12-18-11-13-7-10-17(19-13)8-5-6-9-17/h13-14,18H,5-12H2,1-4H3. The van der Waals surface area contributed by atoms with Crippen molar-refractivity contribution in [3.05, 3.63) is 0 Å². The number of hydrogen-bond acceptors (Lipinski definition) is 2. The molecule has 0 amide bonds. The topological polar surface area (TPSA) is 21.3 Å². The molecule has 1 N–H and O–H groups in total. The Balaban J connectivity index is 1.40. The molecule has 110 valence electrons. The van der Waals surface area contributed by atoms with E-state index in [0.717, 1.165) is 19.0 Å². The average Bonchev–Trinajstić information content (AvgIpc) is 2.82. The molecule has 1 atom stereocenters. The van der Waals surface area contributed by atoms with Gasteiger partial charge in [-0.15, -0.1) is 0 Å². The molecule has 1 saturated heterocycles. The lowest BCUT2D eigenvalue weighted by atomic mass is 9.98. The fourth-order valence-electron chi connectivity index (χ4n) is 4.66. The van der Waals surface area contributed by atoms with Gasteiger partial charge in [-0.2, -0.15) is 0 Å². The van der Waals surface area contributed by atoms with Gasteiger partial charge in [0, 0.05) is 6.54 Å². The maximum atomic E-state index is 6.35. The molecule has 1 unspecified atom stereocenters. The first-order chi connectivity index (χ1) is 8.87. The van der Waals surface area contributed by atoms with Crippen LogP contribution in [0.1, 0.15) is 66.2 Å². The molecule has 0 aromatic carbocycles. The molecule has 1 aliphatic heterocycles. The van der Waals surface area contributed by atoms with Crippen LogP contribution in [-0.2, 0) is 4.74 Å². The lowest BCUT2D eigenvalue weighted by Gasteiger charge is -2.24. The third kappa shape index (κ3) is 2.25. The van der Waals surface area contributed by atoms with Crippen LogP contribution >= 0.6 is 0 Å². The Labute approximate surface area is 118 Å². The molecule has 1 spiro atoms. The van der Waals surface area contributed by atoms with Crippen molar-refractivity contribution in [3.63, 3.8) is 0 Å². The lowest BCUT2D eigenvalue weighted by molar-refractivity contribution is -0.0351. The third-order valence-electron chi connectivity index (χ3n) is 6.89. The zero-order chi connectivity index (χ0) is 13.7. The van der Waals surface area contributed by atoms with E-state index in [9.17, 15) is 0 Å². The van der Waals surface area contributed by atoms with Crippen LogP contribution in [0.5, 0.6) is 0 Å². The van der Waals surface area contributed by atoms with Crippen molar-refractivity contribution in [2.45, 2.75) is 77.9 Å². The molecule has 2 nitrogen and oxygen atoms in total. The maximum Gasteiger partial charge on any atom is 0.0708 e. The molecule has 3 aliphatic rings. The summed E-state index contributed by atoms with van der Waals surface area (Å²) in [5, 5.41) is 3.68. The summed E-state index contributed by atoms with van der Waals surface area (Å²) in [5.74, 6) is 0.821. The van der Waals surface area contributed by atoms with Gasteiger partial charge in [-0.3, -0.25) is 0 Å². The summed E-state index contributed by atoms with van der Waals surface area (Å²) in [5.41, 5.74) is 1.30. The van der Waals surface area contributed by atoms with Crippen molar-refractivity contribution in [2.24, 2.45) is 16.7 Å². The highest BCUT2D eigenvalue weighted by Crippen LogP contribution is 2.67. The lowest BCUT2D eigenvalue weighted by Crippen LogP contribution is -2.32. The maximum absolute atomic E-state index is 6.35. The van der Waals surface area contributed by atoms with Crippen LogP contribution in [-0.4, -0.2) is 24.8 Å². The first kappa shape index (κ1) is 13.9. The Bertz CT molecular complexity index is 327. The van der Waals surface area contributed by atoms with E-state index >= 15 is 0 Å². The van der Waals surface area contributed by atoms with E-state index in [-0.39, 0.29) is 0 Å². The van der Waals surface area contributed by atoms with Crippen LogP contribution in [0, 0.1) is 16.7 Å². The molecule has 0 aromatic rings. The van der Waals surface area contributed by atoms with Gasteiger partial charge in [0.1, 0.15) is 0 Å². The average molecular weight is 265 g/mol. The van der Waals surface area contributed by atoms with E-state index < -0.39 is 0 Å². The second kappa shape index (κ2) is 4.46. The fourth-order valence-corrected chi connectivity index (χ4v) is 4.66. The molecule has 2 saturated carbocycles. The minimum Gasteiger partial charge on any atom is -0.370 e. The fraction of sp³-hybridized carbons (Fsp3) is 1.00. The van der Waals surface area contributed by atoms with Crippen molar-refractivity contribution < 1.29 is 4.74 Å². The van der Waals surface area contributed by atoms with Crippen LogP contribution in [0.2, 0.25) is 0 Å². The highest BCUT2D eigenvalue weighted by Gasteiger charge is 2.63. The summed E-state index contributed by atoms with van der Waals surface area (Å²) in [6.07, 6.45) is 8.43. The van der Waals surface area contributed by atoms with Gasteiger partial charge in [-0.25, -0.2) is 0 Å². The zero-order valence-electron chi connectivity index (χ0n) is 13.2. The molecular formula is C17H31NO. The molecule has 2 heteroatoms. The van der Waals surface area contributed by atoms with Crippen molar-refractivity contribution in [3.8, 4) is 0 Å². The van der Waals surface area contributed by atoms with Gasteiger partial charge in [-0.05, 0) is 49.0 Å². The third-order valence-corrected chi connectivity index (χ3v) is 6.89. The Morgan fingerprint density at radius 3 is 2.16 bits per heavy atom. The van der Waals surface area contributed by atoms with Gasteiger partial charge in [-0.1, -0.05) is 40.5 Å². The molecule has 0 aromatic heterocycles. The second-order valence-corrected chi connectivity index (χ2v) is 8.32. The van der Waals surface area contributed by atoms with E-state index in [1.165, 1.54) is 38.5 Å². The number of hydrogen-bond donors (Lipinski definition) is 1. The largest absolute Gasteiger partial charge is 0.370 e. The molecule has 19 heavy (non-hydrogen) atoms. The Morgan fingerprint density at radius 1 is 0.947 bits per heavy atom. The van der Waals surface area contributed by atoms with E-state index in [1.54, 1.807) is 0 Å². The van der Waals surface area contributed by atoms with Crippen LogP contribution in [0.4, 0.5) is 0 Å². The predicted molar refractivity (Wildman–Crippen MR) is 79.2 cm³/mol. The highest BCUT2D eigenvalue weighted by atomic mass is 16.5. The van der Waals surface area contributed by atoms with E-state index in [2.05, 4.69) is 33.0 Å². The van der Waals surface area contributed by atoms with Crippen LogP contribution in [0.3, 0.4) is 0 Å². The monoisotopic (exact) mass is 265 g/mol. The van der Waals surface area contributed by atoms with Gasteiger partial charge in [0.2, 0.25) is 0 Å². The summed E-state index contributed by atoms with van der Waals surface area (Å²) in [6, 6.07) is 0. The molecule has 3 rings (SSSR count). The predicted octanol–water partition coefficient (Wildman–Crippen LogP) is 3.75. The molecular weight excluding hydrogens is 234 g/mol. The zero-order valence-corrected chi connectivity index (χ0v) is 13.2. The SMILES string of the molecule is CC1(C)C(CNCC2CCC3(CCCC3)O2)C1(C)C. The van der Waals surface area contributed by atoms with Gasteiger partial charge < -0.3 is 10.1 Å². The molecule has 2 aliphatic carbocycles. The minimum absolute atomic E-state index is 0.296. The van der Waals surface area contributed by atoms with E-state index in [0.29, 0.717) is 22.5 Å². The molecule has 3 fully saturated rings. The van der Waals surface area contributed by atoms with E-state index in [1.807, 2.05) is 0 Å². The summed E-state index contributed by atoms with van der Waals surface area (Å²) < 4.78 is 6.35. The summed E-state index contributed by atoms with van der Waals surface area (Å²) in [6.45, 7) is 11.8. The first-order valence-corrected chi connectivity index (χ1v) is 8.26. The minimum atomic E-state index is 0.296. The van der Waals surface area contributed by atoms with Crippen LogP contribution < -0.4 is 5.32 Å². The van der Waals surface area contributed by atoms with Gasteiger partial charge >= 0.3 is 0 Å². The highest BCUT2D eigenvalue weighted by molar-refractivity contribution is 5.12. The first-order valence-electron chi connectivity index (χ1n) is 8.26. The van der Waals surface area contributed by atoms with Gasteiger partial charge in [0.25, 0.3) is 0 Å². The quantitative estimate of drug-likeness (QED) is 0.836. The Hall–Kier alpha value is -0.0800. The Morgan fingerprint density at radius 2 is 1.58 bits per heavy atom. The summed E-state index contributed by atoms with van der Waals surface area (Å²) in [7, 11) is 0. The van der Waals surface area contributed by atoms with Crippen LogP contribution in [0.25, 0.3) is 0 Å². The van der Waals surface area contributed by atoms with Crippen molar-refractivity contribution in [2.75, 3.05) is 13.1 Å². The van der Waals surface area contributed by atoms with Crippen molar-refractivity contribution in [1.82, 2.24) is 5.32 Å². The van der Waals surface area contributed by atoms with Gasteiger partial charge in [0.15, 0.2) is 0 Å². The van der Waals surface area contributed by atoms with Crippen LogP contribution in [0.15, 0.2) is 0 Å². The number of rotatable bonds is 4. The number of nitrogens with one attached hydrogen (secondary N) is 1. The van der Waals surface area contributed by atoms with Crippen molar-refractivity contribution >= 4 is 0 Å². The molecule has 1 heterocycles. The van der Waals surface area contributed by atoms with Crippen molar-refractivity contribution in [1.29, 1.82) is 0 Å². The van der Waals surface area contributed by atoms with Gasteiger partial charge in [0.05, 0.1) is 11.7 Å². The Kier molecular flexibility index (Phi) is 3.26.